The van der Waals surface area contributed by atoms with Gasteiger partial charge in [-0.1, -0.05) is 24.3 Å². The van der Waals surface area contributed by atoms with Crippen molar-refractivity contribution in [1.82, 2.24) is 5.32 Å². The maximum Gasteiger partial charge on any atom is 0.160 e. The molecule has 0 aliphatic rings. The molecule has 1 unspecified atom stereocenters. The Morgan fingerprint density at radius 3 is 2.71 bits per heavy atom. The van der Waals surface area contributed by atoms with Gasteiger partial charge in [0.1, 0.15) is 0 Å². The molecule has 0 radical (unpaired) electrons. The number of hydrogen-bond acceptors (Lipinski definition) is 3. The predicted octanol–water partition coefficient (Wildman–Crippen LogP) is 2.28. The van der Waals surface area contributed by atoms with E-state index in [4.69, 9.17) is 5.73 Å². The third-order valence-electron chi connectivity index (χ3n) is 2.89. The SMILES string of the molecule is CC(=O)c1ccccc1C(C)NCCCCN. The summed E-state index contributed by atoms with van der Waals surface area (Å²) >= 11 is 0. The van der Waals surface area contributed by atoms with Crippen LogP contribution in [0.15, 0.2) is 24.3 Å². The highest BCUT2D eigenvalue weighted by molar-refractivity contribution is 5.95. The van der Waals surface area contributed by atoms with E-state index in [1.807, 2.05) is 24.3 Å². The highest BCUT2D eigenvalue weighted by Crippen LogP contribution is 2.18. The van der Waals surface area contributed by atoms with Gasteiger partial charge in [0.25, 0.3) is 0 Å². The number of ketones is 1. The average molecular weight is 234 g/mol. The molecule has 1 atom stereocenters. The van der Waals surface area contributed by atoms with Crippen LogP contribution in [0.3, 0.4) is 0 Å². The van der Waals surface area contributed by atoms with E-state index in [0.29, 0.717) is 0 Å². The summed E-state index contributed by atoms with van der Waals surface area (Å²) in [5.74, 6) is 0.121. The van der Waals surface area contributed by atoms with E-state index in [-0.39, 0.29) is 11.8 Å². The third kappa shape index (κ3) is 4.29. The minimum Gasteiger partial charge on any atom is -0.330 e. The molecule has 0 saturated heterocycles. The zero-order chi connectivity index (χ0) is 12.7. The molecule has 0 bridgehead atoms. The van der Waals surface area contributed by atoms with Crippen LogP contribution in [0.5, 0.6) is 0 Å². The first-order valence-electron chi connectivity index (χ1n) is 6.20. The highest BCUT2D eigenvalue weighted by atomic mass is 16.1. The number of nitrogens with two attached hydrogens (primary N) is 1. The van der Waals surface area contributed by atoms with Crippen molar-refractivity contribution in [2.75, 3.05) is 13.1 Å². The molecule has 0 aromatic heterocycles. The standard InChI is InChI=1S/C14H22N2O/c1-11(16-10-6-5-9-15)13-7-3-4-8-14(13)12(2)17/h3-4,7-8,11,16H,5-6,9-10,15H2,1-2H3. The van der Waals surface area contributed by atoms with Gasteiger partial charge >= 0.3 is 0 Å². The fraction of sp³-hybridized carbons (Fsp3) is 0.500. The Morgan fingerprint density at radius 1 is 1.35 bits per heavy atom. The summed E-state index contributed by atoms with van der Waals surface area (Å²) < 4.78 is 0. The van der Waals surface area contributed by atoms with Gasteiger partial charge in [-0.25, -0.2) is 0 Å². The van der Waals surface area contributed by atoms with E-state index >= 15 is 0 Å². The quantitative estimate of drug-likeness (QED) is 0.562. The van der Waals surface area contributed by atoms with Gasteiger partial charge in [0.2, 0.25) is 0 Å². The number of hydrogen-bond donors (Lipinski definition) is 2. The van der Waals surface area contributed by atoms with E-state index in [0.717, 1.165) is 37.1 Å². The first-order valence-corrected chi connectivity index (χ1v) is 6.20. The third-order valence-corrected chi connectivity index (χ3v) is 2.89. The summed E-state index contributed by atoms with van der Waals surface area (Å²) in [6.07, 6.45) is 2.11. The Hall–Kier alpha value is -1.19. The number of rotatable bonds is 7. The molecule has 1 aromatic carbocycles. The lowest BCUT2D eigenvalue weighted by Gasteiger charge is -2.16. The zero-order valence-corrected chi connectivity index (χ0v) is 10.7. The van der Waals surface area contributed by atoms with Gasteiger partial charge in [0.05, 0.1) is 0 Å². The van der Waals surface area contributed by atoms with Crippen LogP contribution in [-0.2, 0) is 0 Å². The van der Waals surface area contributed by atoms with Gasteiger partial charge in [-0.15, -0.1) is 0 Å². The van der Waals surface area contributed by atoms with Crippen LogP contribution < -0.4 is 11.1 Å². The molecular weight excluding hydrogens is 212 g/mol. The van der Waals surface area contributed by atoms with Gasteiger partial charge in [0.15, 0.2) is 5.78 Å². The Morgan fingerprint density at radius 2 is 2.06 bits per heavy atom. The molecule has 3 N–H and O–H groups in total. The zero-order valence-electron chi connectivity index (χ0n) is 10.7. The maximum absolute atomic E-state index is 11.5. The Bertz CT molecular complexity index is 363. The molecule has 1 aromatic rings. The van der Waals surface area contributed by atoms with Gasteiger partial charge in [-0.05, 0) is 45.3 Å². The number of unbranched alkanes of at least 4 members (excludes halogenated alkanes) is 1. The molecule has 0 aliphatic carbocycles. The molecule has 17 heavy (non-hydrogen) atoms. The van der Waals surface area contributed by atoms with Gasteiger partial charge in [-0.2, -0.15) is 0 Å². The van der Waals surface area contributed by atoms with Gasteiger partial charge in [0, 0.05) is 11.6 Å². The molecule has 0 spiro atoms. The maximum atomic E-state index is 11.5. The second kappa shape index (κ2) is 7.20. The van der Waals surface area contributed by atoms with Crippen LogP contribution in [0, 0.1) is 0 Å². The first kappa shape index (κ1) is 13.9. The molecular formula is C14H22N2O. The van der Waals surface area contributed by atoms with Crippen LogP contribution in [0.1, 0.15) is 48.7 Å². The van der Waals surface area contributed by atoms with Crippen molar-refractivity contribution in [3.8, 4) is 0 Å². The van der Waals surface area contributed by atoms with E-state index in [9.17, 15) is 4.79 Å². The molecule has 0 heterocycles. The summed E-state index contributed by atoms with van der Waals surface area (Å²) in [6, 6.07) is 7.97. The van der Waals surface area contributed by atoms with E-state index < -0.39 is 0 Å². The molecule has 3 nitrogen and oxygen atoms in total. The summed E-state index contributed by atoms with van der Waals surface area (Å²) in [6.45, 7) is 5.37. The fourth-order valence-electron chi connectivity index (χ4n) is 1.89. The number of carbonyl (C=O) groups is 1. The summed E-state index contributed by atoms with van der Waals surface area (Å²) in [5, 5.41) is 3.42. The number of Topliss-reactive ketones (excluding diaryl/α,β-unsaturated/α-hetero) is 1. The summed E-state index contributed by atoms with van der Waals surface area (Å²) in [7, 11) is 0. The minimum absolute atomic E-state index is 0.121. The first-order chi connectivity index (χ1) is 8.16. The number of nitrogens with one attached hydrogen (secondary N) is 1. The van der Waals surface area contributed by atoms with E-state index in [1.54, 1.807) is 6.92 Å². The van der Waals surface area contributed by atoms with Crippen molar-refractivity contribution < 1.29 is 4.79 Å². The fourth-order valence-corrected chi connectivity index (χ4v) is 1.89. The lowest BCUT2D eigenvalue weighted by molar-refractivity contribution is 0.101. The van der Waals surface area contributed by atoms with Gasteiger partial charge in [-0.3, -0.25) is 4.79 Å². The summed E-state index contributed by atoms with van der Waals surface area (Å²) in [4.78, 5) is 11.5. The molecule has 0 fully saturated rings. The second-order valence-electron chi connectivity index (χ2n) is 4.32. The monoisotopic (exact) mass is 234 g/mol. The highest BCUT2D eigenvalue weighted by Gasteiger charge is 2.11. The van der Waals surface area contributed by atoms with Crippen LogP contribution in [0.4, 0.5) is 0 Å². The van der Waals surface area contributed by atoms with E-state index in [2.05, 4.69) is 12.2 Å². The Kier molecular flexibility index (Phi) is 5.87. The van der Waals surface area contributed by atoms with Crippen molar-refractivity contribution in [3.05, 3.63) is 35.4 Å². The predicted molar refractivity (Wildman–Crippen MR) is 71.2 cm³/mol. The van der Waals surface area contributed by atoms with E-state index in [1.165, 1.54) is 0 Å². The van der Waals surface area contributed by atoms with Crippen LogP contribution in [-0.4, -0.2) is 18.9 Å². The van der Waals surface area contributed by atoms with Crippen molar-refractivity contribution >= 4 is 5.78 Å². The van der Waals surface area contributed by atoms with Crippen LogP contribution in [0.2, 0.25) is 0 Å². The normalized spacial score (nSPS) is 12.4. The van der Waals surface area contributed by atoms with Crippen molar-refractivity contribution in [1.29, 1.82) is 0 Å². The number of benzene rings is 1. The van der Waals surface area contributed by atoms with Crippen LogP contribution in [0.25, 0.3) is 0 Å². The second-order valence-corrected chi connectivity index (χ2v) is 4.32. The average Bonchev–Trinajstić information content (AvgIpc) is 2.34. The number of carbonyl (C=O) groups excluding carboxylic acids is 1. The minimum atomic E-state index is 0.121. The summed E-state index contributed by atoms with van der Waals surface area (Å²) in [5.41, 5.74) is 7.34. The topological polar surface area (TPSA) is 55.1 Å². The molecule has 0 aliphatic heterocycles. The Balaban J connectivity index is 2.62. The Labute approximate surface area is 103 Å². The van der Waals surface area contributed by atoms with Crippen molar-refractivity contribution in [2.24, 2.45) is 5.73 Å². The van der Waals surface area contributed by atoms with Crippen molar-refractivity contribution in [3.63, 3.8) is 0 Å². The molecule has 94 valence electrons. The molecule has 0 saturated carbocycles. The lowest BCUT2D eigenvalue weighted by atomic mass is 9.99. The van der Waals surface area contributed by atoms with Gasteiger partial charge < -0.3 is 11.1 Å². The van der Waals surface area contributed by atoms with Crippen LogP contribution >= 0.6 is 0 Å². The molecule has 0 amide bonds. The van der Waals surface area contributed by atoms with Crippen molar-refractivity contribution in [2.45, 2.75) is 32.7 Å². The largest absolute Gasteiger partial charge is 0.330 e. The molecule has 3 heteroatoms. The lowest BCUT2D eigenvalue weighted by Crippen LogP contribution is -2.22. The smallest absolute Gasteiger partial charge is 0.160 e. The molecule has 1 rings (SSSR count).